The Balaban J connectivity index is 1.24. The lowest BCUT2D eigenvalue weighted by Crippen LogP contribution is -2.54. The lowest BCUT2D eigenvalue weighted by Gasteiger charge is -2.37. The summed E-state index contributed by atoms with van der Waals surface area (Å²) in [5.41, 5.74) is 1.36. The molecule has 3 heterocycles. The van der Waals surface area contributed by atoms with Crippen LogP contribution >= 0.6 is 11.3 Å². The third-order valence-electron chi connectivity index (χ3n) is 6.90. The molecule has 2 aliphatic rings. The van der Waals surface area contributed by atoms with Crippen LogP contribution in [0.25, 0.3) is 10.8 Å². The minimum Gasteiger partial charge on any atom is -0.506 e. The quantitative estimate of drug-likeness (QED) is 0.607. The number of amides is 2. The number of benzene rings is 2. The van der Waals surface area contributed by atoms with Gasteiger partial charge in [0.1, 0.15) is 11.8 Å². The van der Waals surface area contributed by atoms with Crippen LogP contribution in [-0.2, 0) is 17.8 Å². The van der Waals surface area contributed by atoms with Crippen LogP contribution in [0.15, 0.2) is 41.8 Å². The van der Waals surface area contributed by atoms with Crippen molar-refractivity contribution in [2.45, 2.75) is 38.8 Å². The van der Waals surface area contributed by atoms with Crippen LogP contribution in [0.3, 0.4) is 0 Å². The molecule has 8 heteroatoms. The van der Waals surface area contributed by atoms with E-state index in [1.54, 1.807) is 22.3 Å². The van der Waals surface area contributed by atoms with Gasteiger partial charge in [-0.25, -0.2) is 4.98 Å². The molecule has 0 aliphatic carbocycles. The number of fused-ring (bicyclic) bond motifs is 1. The normalized spacial score (nSPS) is 19.1. The highest BCUT2D eigenvalue weighted by Gasteiger charge is 2.38. The molecule has 1 aromatic heterocycles. The summed E-state index contributed by atoms with van der Waals surface area (Å²) in [4.78, 5) is 37.3. The third-order valence-corrected chi connectivity index (χ3v) is 7.94. The van der Waals surface area contributed by atoms with E-state index in [-0.39, 0.29) is 23.1 Å². The summed E-state index contributed by atoms with van der Waals surface area (Å²) in [6, 6.07) is 10.5. The standard InChI is InChI=1S/C26H30N4O3S/c1-2-23-27-19(17-34-23)16-28-12-14-29(15-13-28)26(33)22-8-5-11-30(22)25(32)21-10-9-18-6-3-4-7-20(18)24(21)31/h3-4,6-7,9-10,17,22,31H,2,5,8,11-16H2,1H3. The monoisotopic (exact) mass is 478 g/mol. The van der Waals surface area contributed by atoms with Gasteiger partial charge >= 0.3 is 0 Å². The molecule has 5 rings (SSSR count). The van der Waals surface area contributed by atoms with E-state index in [4.69, 9.17) is 0 Å². The zero-order valence-electron chi connectivity index (χ0n) is 19.4. The summed E-state index contributed by atoms with van der Waals surface area (Å²) < 4.78 is 0. The van der Waals surface area contributed by atoms with Gasteiger partial charge in [-0.15, -0.1) is 11.3 Å². The summed E-state index contributed by atoms with van der Waals surface area (Å²) in [7, 11) is 0. The second-order valence-electron chi connectivity index (χ2n) is 9.03. The van der Waals surface area contributed by atoms with Gasteiger partial charge in [0.05, 0.1) is 16.3 Å². The summed E-state index contributed by atoms with van der Waals surface area (Å²) >= 11 is 1.71. The van der Waals surface area contributed by atoms with E-state index in [1.165, 1.54) is 0 Å². The molecule has 2 saturated heterocycles. The molecule has 0 radical (unpaired) electrons. The molecular formula is C26H30N4O3S. The van der Waals surface area contributed by atoms with Gasteiger partial charge in [0.25, 0.3) is 5.91 Å². The van der Waals surface area contributed by atoms with Crippen LogP contribution in [0.5, 0.6) is 5.75 Å². The van der Waals surface area contributed by atoms with E-state index in [0.29, 0.717) is 31.4 Å². The average Bonchev–Trinajstić information content (AvgIpc) is 3.54. The van der Waals surface area contributed by atoms with Crippen molar-refractivity contribution in [2.24, 2.45) is 0 Å². The number of rotatable bonds is 5. The van der Waals surface area contributed by atoms with Crippen LogP contribution in [0.4, 0.5) is 0 Å². The van der Waals surface area contributed by atoms with E-state index in [2.05, 4.69) is 22.2 Å². The maximum absolute atomic E-state index is 13.4. The fourth-order valence-corrected chi connectivity index (χ4v) is 5.74. The van der Waals surface area contributed by atoms with E-state index in [9.17, 15) is 14.7 Å². The molecule has 0 saturated carbocycles. The first-order valence-electron chi connectivity index (χ1n) is 12.0. The van der Waals surface area contributed by atoms with Gasteiger partial charge in [-0.05, 0) is 30.7 Å². The molecule has 0 bridgehead atoms. The van der Waals surface area contributed by atoms with E-state index < -0.39 is 6.04 Å². The Kier molecular flexibility index (Phi) is 6.52. The Morgan fingerprint density at radius 3 is 2.65 bits per heavy atom. The fraction of sp³-hybridized carbons (Fsp3) is 0.423. The smallest absolute Gasteiger partial charge is 0.258 e. The summed E-state index contributed by atoms with van der Waals surface area (Å²) in [6.07, 6.45) is 2.42. The number of carbonyl (C=O) groups is 2. The molecule has 1 atom stereocenters. The van der Waals surface area contributed by atoms with Gasteiger partial charge in [-0.3, -0.25) is 14.5 Å². The first-order chi connectivity index (χ1) is 16.5. The van der Waals surface area contributed by atoms with Crippen molar-refractivity contribution in [3.05, 3.63) is 58.0 Å². The Labute approximate surface area is 203 Å². The minimum absolute atomic E-state index is 0.0110. The predicted molar refractivity (Wildman–Crippen MR) is 133 cm³/mol. The molecule has 2 fully saturated rings. The van der Waals surface area contributed by atoms with Gasteiger partial charge in [-0.1, -0.05) is 37.3 Å². The van der Waals surface area contributed by atoms with E-state index in [0.717, 1.165) is 48.6 Å². The van der Waals surface area contributed by atoms with Crippen molar-refractivity contribution < 1.29 is 14.7 Å². The molecule has 2 aromatic carbocycles. The summed E-state index contributed by atoms with van der Waals surface area (Å²) in [6.45, 7) is 6.38. The lowest BCUT2D eigenvalue weighted by molar-refractivity contribution is -0.137. The first-order valence-corrected chi connectivity index (χ1v) is 12.9. The molecular weight excluding hydrogens is 448 g/mol. The van der Waals surface area contributed by atoms with Crippen molar-refractivity contribution >= 4 is 33.9 Å². The topological polar surface area (TPSA) is 77.0 Å². The molecule has 34 heavy (non-hydrogen) atoms. The highest BCUT2D eigenvalue weighted by atomic mass is 32.1. The van der Waals surface area contributed by atoms with Crippen LogP contribution in [-0.4, -0.2) is 75.4 Å². The number of hydrogen-bond donors (Lipinski definition) is 1. The number of phenols is 1. The van der Waals surface area contributed by atoms with Crippen molar-refractivity contribution in [3.63, 3.8) is 0 Å². The maximum Gasteiger partial charge on any atom is 0.258 e. The number of nitrogens with zero attached hydrogens (tertiary/aromatic N) is 4. The van der Waals surface area contributed by atoms with E-state index >= 15 is 0 Å². The van der Waals surface area contributed by atoms with Gasteiger partial charge in [-0.2, -0.15) is 0 Å². The molecule has 1 N–H and O–H groups in total. The number of aryl methyl sites for hydroxylation is 1. The number of thiazole rings is 1. The molecule has 3 aromatic rings. The SMILES string of the molecule is CCc1nc(CN2CCN(C(=O)C3CCCN3C(=O)c3ccc4ccccc4c3O)CC2)cs1. The Bertz CT molecular complexity index is 1200. The highest BCUT2D eigenvalue weighted by Crippen LogP contribution is 2.31. The van der Waals surface area contributed by atoms with Gasteiger partial charge in [0.2, 0.25) is 5.91 Å². The minimum atomic E-state index is -0.462. The van der Waals surface area contributed by atoms with Crippen LogP contribution in [0.1, 0.15) is 40.8 Å². The molecule has 1 unspecified atom stereocenters. The second-order valence-corrected chi connectivity index (χ2v) is 9.97. The van der Waals surface area contributed by atoms with E-state index in [1.807, 2.05) is 35.2 Å². The molecule has 0 spiro atoms. The Morgan fingerprint density at radius 1 is 1.09 bits per heavy atom. The lowest BCUT2D eigenvalue weighted by atomic mass is 10.0. The van der Waals surface area contributed by atoms with Crippen LogP contribution in [0, 0.1) is 0 Å². The zero-order valence-corrected chi connectivity index (χ0v) is 20.3. The third kappa shape index (κ3) is 4.40. The number of phenolic OH excluding ortho intramolecular Hbond substituents is 1. The van der Waals surface area contributed by atoms with Gasteiger partial charge in [0, 0.05) is 50.0 Å². The van der Waals surface area contributed by atoms with Gasteiger partial charge in [0.15, 0.2) is 0 Å². The number of likely N-dealkylation sites (tertiary alicyclic amines) is 1. The predicted octanol–water partition coefficient (Wildman–Crippen LogP) is 3.51. The highest BCUT2D eigenvalue weighted by molar-refractivity contribution is 7.09. The molecule has 178 valence electrons. The number of aromatic nitrogens is 1. The van der Waals surface area contributed by atoms with Crippen LogP contribution < -0.4 is 0 Å². The molecule has 7 nitrogen and oxygen atoms in total. The number of aromatic hydroxyl groups is 1. The second kappa shape index (κ2) is 9.72. The first kappa shape index (κ1) is 22.8. The fourth-order valence-electron chi connectivity index (χ4n) is 5.00. The Hall–Kier alpha value is -2.97. The maximum atomic E-state index is 13.4. The van der Waals surface area contributed by atoms with Crippen molar-refractivity contribution in [3.8, 4) is 5.75 Å². The zero-order chi connectivity index (χ0) is 23.7. The summed E-state index contributed by atoms with van der Waals surface area (Å²) in [5.74, 6) is -0.260. The van der Waals surface area contributed by atoms with Crippen molar-refractivity contribution in [1.29, 1.82) is 0 Å². The van der Waals surface area contributed by atoms with Crippen LogP contribution in [0.2, 0.25) is 0 Å². The largest absolute Gasteiger partial charge is 0.506 e. The average molecular weight is 479 g/mol. The number of piperazine rings is 1. The Morgan fingerprint density at radius 2 is 1.88 bits per heavy atom. The van der Waals surface area contributed by atoms with Gasteiger partial charge < -0.3 is 14.9 Å². The van der Waals surface area contributed by atoms with Crippen molar-refractivity contribution in [2.75, 3.05) is 32.7 Å². The summed E-state index contributed by atoms with van der Waals surface area (Å²) in [5, 5.41) is 15.6. The number of hydrogen-bond acceptors (Lipinski definition) is 6. The number of carbonyl (C=O) groups excluding carboxylic acids is 2. The molecule has 2 aliphatic heterocycles. The molecule has 2 amide bonds. The van der Waals surface area contributed by atoms with Crippen molar-refractivity contribution in [1.82, 2.24) is 19.7 Å².